The summed E-state index contributed by atoms with van der Waals surface area (Å²) in [4.78, 5) is 11.6. The highest BCUT2D eigenvalue weighted by atomic mass is 79.9. The monoisotopic (exact) mass is 402 g/mol. The Balaban J connectivity index is 2.23. The van der Waals surface area contributed by atoms with Gasteiger partial charge in [-0.25, -0.2) is 0 Å². The number of allylic oxidation sites excluding steroid dienone is 3. The summed E-state index contributed by atoms with van der Waals surface area (Å²) in [6, 6.07) is 0. The SMILES string of the molecule is CC(C)(C)[Si](C)(C)OCCCCC/C(Br)=C/C1=CC(O)CC1=O. The van der Waals surface area contributed by atoms with Crippen LogP contribution in [0.15, 0.2) is 22.2 Å². The van der Waals surface area contributed by atoms with E-state index >= 15 is 0 Å². The van der Waals surface area contributed by atoms with Crippen LogP contribution in [0.3, 0.4) is 0 Å². The van der Waals surface area contributed by atoms with Crippen LogP contribution in [0, 0.1) is 0 Å². The molecule has 1 N–H and O–H groups in total. The van der Waals surface area contributed by atoms with E-state index in [0.29, 0.717) is 5.57 Å². The van der Waals surface area contributed by atoms with Crippen LogP contribution in [0.25, 0.3) is 0 Å². The van der Waals surface area contributed by atoms with E-state index < -0.39 is 14.4 Å². The van der Waals surface area contributed by atoms with Gasteiger partial charge in [0.15, 0.2) is 14.1 Å². The highest BCUT2D eigenvalue weighted by Crippen LogP contribution is 2.36. The third-order valence-corrected chi connectivity index (χ3v) is 9.89. The summed E-state index contributed by atoms with van der Waals surface area (Å²) in [7, 11) is -1.62. The molecular weight excluding hydrogens is 372 g/mol. The zero-order chi connectivity index (χ0) is 17.7. The van der Waals surface area contributed by atoms with Crippen molar-refractivity contribution in [1.82, 2.24) is 0 Å². The molecule has 0 aromatic heterocycles. The molecule has 0 heterocycles. The second-order valence-electron chi connectivity index (χ2n) is 7.83. The zero-order valence-corrected chi connectivity index (χ0v) is 17.7. The van der Waals surface area contributed by atoms with Gasteiger partial charge in [0.1, 0.15) is 0 Å². The molecule has 3 nitrogen and oxygen atoms in total. The number of aliphatic hydroxyl groups is 1. The van der Waals surface area contributed by atoms with Crippen molar-refractivity contribution >= 4 is 30.0 Å². The van der Waals surface area contributed by atoms with Crippen LogP contribution in [0.2, 0.25) is 18.1 Å². The fourth-order valence-corrected chi connectivity index (χ4v) is 3.77. The predicted molar refractivity (Wildman–Crippen MR) is 102 cm³/mol. The van der Waals surface area contributed by atoms with Crippen molar-refractivity contribution < 1.29 is 14.3 Å². The minimum atomic E-state index is -1.62. The molecule has 0 bridgehead atoms. The number of carbonyl (C=O) groups is 1. The van der Waals surface area contributed by atoms with Crippen molar-refractivity contribution in [1.29, 1.82) is 0 Å². The molecule has 0 saturated heterocycles. The van der Waals surface area contributed by atoms with Crippen LogP contribution in [-0.2, 0) is 9.22 Å². The smallest absolute Gasteiger partial charge is 0.191 e. The number of Topliss-reactive ketones (excluding diaryl/α,β-unsaturated/α-hetero) is 1. The molecule has 0 spiro atoms. The van der Waals surface area contributed by atoms with E-state index in [0.717, 1.165) is 36.8 Å². The quantitative estimate of drug-likeness (QED) is 0.453. The van der Waals surface area contributed by atoms with Crippen molar-refractivity contribution in [3.63, 3.8) is 0 Å². The maximum Gasteiger partial charge on any atom is 0.191 e. The third-order valence-electron chi connectivity index (χ3n) is 4.73. The third kappa shape index (κ3) is 7.04. The average molecular weight is 403 g/mol. The van der Waals surface area contributed by atoms with E-state index in [1.54, 1.807) is 6.08 Å². The summed E-state index contributed by atoms with van der Waals surface area (Å²) in [6.45, 7) is 12.2. The number of unbranched alkanes of at least 4 members (excludes halogenated alkanes) is 2. The molecule has 0 aromatic carbocycles. The number of halogens is 1. The lowest BCUT2D eigenvalue weighted by atomic mass is 10.1. The van der Waals surface area contributed by atoms with E-state index in [2.05, 4.69) is 49.8 Å². The molecule has 0 radical (unpaired) electrons. The summed E-state index contributed by atoms with van der Waals surface area (Å²) in [5.74, 6) is 0.0252. The molecule has 1 aliphatic rings. The Kier molecular flexibility index (Phi) is 7.91. The van der Waals surface area contributed by atoms with Gasteiger partial charge in [0.2, 0.25) is 0 Å². The second kappa shape index (κ2) is 8.74. The van der Waals surface area contributed by atoms with E-state index in [9.17, 15) is 9.90 Å². The Morgan fingerprint density at radius 3 is 2.57 bits per heavy atom. The number of aliphatic hydroxyl groups excluding tert-OH is 1. The molecule has 23 heavy (non-hydrogen) atoms. The van der Waals surface area contributed by atoms with Gasteiger partial charge in [-0.05, 0) is 54.0 Å². The van der Waals surface area contributed by atoms with Crippen LogP contribution in [0.1, 0.15) is 52.9 Å². The lowest BCUT2D eigenvalue weighted by molar-refractivity contribution is -0.115. The van der Waals surface area contributed by atoms with E-state index in [-0.39, 0.29) is 17.2 Å². The van der Waals surface area contributed by atoms with Gasteiger partial charge in [0.25, 0.3) is 0 Å². The topological polar surface area (TPSA) is 46.5 Å². The lowest BCUT2D eigenvalue weighted by Gasteiger charge is -2.36. The maximum atomic E-state index is 11.6. The first-order valence-electron chi connectivity index (χ1n) is 8.46. The summed E-state index contributed by atoms with van der Waals surface area (Å²) in [5, 5.41) is 9.70. The first kappa shape index (κ1) is 20.8. The molecule has 1 atom stereocenters. The lowest BCUT2D eigenvalue weighted by Crippen LogP contribution is -2.40. The van der Waals surface area contributed by atoms with Crippen LogP contribution in [0.5, 0.6) is 0 Å². The average Bonchev–Trinajstić information content (AvgIpc) is 2.70. The van der Waals surface area contributed by atoms with Gasteiger partial charge >= 0.3 is 0 Å². The van der Waals surface area contributed by atoms with Crippen LogP contribution >= 0.6 is 15.9 Å². The standard InChI is InChI=1S/C18H31BrO3Si/c1-18(2,3)23(4,5)22-10-8-6-7-9-15(19)11-14-12-16(20)13-17(14)21/h11-12,16,20H,6-10,13H2,1-5H3/b15-11-. The van der Waals surface area contributed by atoms with Gasteiger partial charge in [0.05, 0.1) is 6.10 Å². The molecule has 1 aliphatic carbocycles. The van der Waals surface area contributed by atoms with Crippen LogP contribution in [-0.4, -0.2) is 31.9 Å². The molecule has 0 fully saturated rings. The molecule has 0 aliphatic heterocycles. The fourth-order valence-electron chi connectivity index (χ4n) is 2.15. The Morgan fingerprint density at radius 2 is 2.04 bits per heavy atom. The molecule has 1 unspecified atom stereocenters. The normalized spacial score (nSPS) is 20.1. The Morgan fingerprint density at radius 1 is 1.39 bits per heavy atom. The van der Waals surface area contributed by atoms with Gasteiger partial charge in [-0.1, -0.05) is 43.1 Å². The number of hydrogen-bond donors (Lipinski definition) is 1. The summed E-state index contributed by atoms with van der Waals surface area (Å²) in [6.07, 6.45) is 7.28. The molecule has 0 saturated carbocycles. The first-order chi connectivity index (χ1) is 10.5. The van der Waals surface area contributed by atoms with Gasteiger partial charge < -0.3 is 9.53 Å². The Labute approximate surface area is 150 Å². The van der Waals surface area contributed by atoms with Gasteiger partial charge in [-0.15, -0.1) is 0 Å². The number of ketones is 1. The molecular formula is C18H31BrO3Si. The number of rotatable bonds is 8. The largest absolute Gasteiger partial charge is 0.417 e. The van der Waals surface area contributed by atoms with Crippen molar-refractivity contribution in [3.05, 3.63) is 22.2 Å². The summed E-state index contributed by atoms with van der Waals surface area (Å²) in [5.41, 5.74) is 0.630. The number of hydrogen-bond acceptors (Lipinski definition) is 3. The van der Waals surface area contributed by atoms with Crippen molar-refractivity contribution in [2.75, 3.05) is 6.61 Å². The predicted octanol–water partition coefficient (Wildman–Crippen LogP) is 5.11. The maximum absolute atomic E-state index is 11.6. The summed E-state index contributed by atoms with van der Waals surface area (Å²) < 4.78 is 7.19. The van der Waals surface area contributed by atoms with E-state index in [4.69, 9.17) is 4.43 Å². The highest BCUT2D eigenvalue weighted by Gasteiger charge is 2.36. The van der Waals surface area contributed by atoms with Gasteiger partial charge in [-0.3, -0.25) is 4.79 Å². The second-order valence-corrected chi connectivity index (χ2v) is 13.7. The Bertz CT molecular complexity index is 475. The van der Waals surface area contributed by atoms with Gasteiger partial charge in [0, 0.05) is 18.6 Å². The van der Waals surface area contributed by atoms with Crippen molar-refractivity contribution in [2.24, 2.45) is 0 Å². The van der Waals surface area contributed by atoms with E-state index in [1.165, 1.54) is 0 Å². The number of carbonyl (C=O) groups excluding carboxylic acids is 1. The highest BCUT2D eigenvalue weighted by molar-refractivity contribution is 9.11. The molecule has 5 heteroatoms. The molecule has 132 valence electrons. The molecule has 1 rings (SSSR count). The van der Waals surface area contributed by atoms with Gasteiger partial charge in [-0.2, -0.15) is 0 Å². The zero-order valence-electron chi connectivity index (χ0n) is 15.1. The minimum Gasteiger partial charge on any atom is -0.417 e. The van der Waals surface area contributed by atoms with Crippen molar-refractivity contribution in [3.8, 4) is 0 Å². The summed E-state index contributed by atoms with van der Waals surface area (Å²) >= 11 is 3.52. The van der Waals surface area contributed by atoms with Crippen LogP contribution < -0.4 is 0 Å². The Hall–Kier alpha value is -0.233. The minimum absolute atomic E-state index is 0.0252. The molecule has 0 amide bonds. The van der Waals surface area contributed by atoms with Crippen LogP contribution in [0.4, 0.5) is 0 Å². The fraction of sp³-hybridized carbons (Fsp3) is 0.722. The molecule has 0 aromatic rings. The van der Waals surface area contributed by atoms with Crippen molar-refractivity contribution in [2.45, 2.75) is 77.1 Å². The first-order valence-corrected chi connectivity index (χ1v) is 12.2. The van der Waals surface area contributed by atoms with E-state index in [1.807, 2.05) is 6.08 Å².